The van der Waals surface area contributed by atoms with Crippen molar-refractivity contribution in [1.82, 2.24) is 10.2 Å². The van der Waals surface area contributed by atoms with Gasteiger partial charge in [-0.15, -0.1) is 0 Å². The van der Waals surface area contributed by atoms with Gasteiger partial charge in [0.2, 0.25) is 0 Å². The maximum absolute atomic E-state index is 12.5. The molecule has 0 spiro atoms. The van der Waals surface area contributed by atoms with E-state index in [1.54, 1.807) is 0 Å². The third-order valence-corrected chi connectivity index (χ3v) is 8.78. The Balaban J connectivity index is 4.06. The molecule has 0 fully saturated rings. The van der Waals surface area contributed by atoms with Crippen LogP contribution in [0.15, 0.2) is 48.6 Å². The van der Waals surface area contributed by atoms with Gasteiger partial charge in [-0.3, -0.25) is 0 Å². The standard InChI is InChI=1S/C43H80N2O2/c1-5-7-9-11-13-15-17-19-21-23-25-27-29-31-33-35-38-42(47-43(46)44-40-37-41-45(3)4)39-36-34-32-30-28-26-24-22-20-18-16-14-12-10-8-6-2/h13-16,19-22,42H,5-12,17-18,23-41H2,1-4H3,(H,44,46)/b15-13-,16-14-,21-19-,22-20-. The molecule has 0 saturated carbocycles. The van der Waals surface area contributed by atoms with E-state index in [0.29, 0.717) is 6.54 Å². The molecule has 1 N–H and O–H groups in total. The smallest absolute Gasteiger partial charge is 0.407 e. The number of hydrogen-bond acceptors (Lipinski definition) is 3. The SMILES string of the molecule is CCCCC/C=C\C/C=C\CCCCCCCCC(CCCCCCCC/C=C\C/C=C\CCCCC)OC(=O)NCCCN(C)C. The third kappa shape index (κ3) is 38.5. The average molecular weight is 657 g/mol. The average Bonchev–Trinajstić information content (AvgIpc) is 3.06. The van der Waals surface area contributed by atoms with Crippen molar-refractivity contribution < 1.29 is 9.53 Å². The Morgan fingerprint density at radius 3 is 1.32 bits per heavy atom. The molecular formula is C43H80N2O2. The van der Waals surface area contributed by atoms with Crippen molar-refractivity contribution in [3.05, 3.63) is 48.6 Å². The van der Waals surface area contributed by atoms with Crippen LogP contribution in [-0.4, -0.2) is 44.3 Å². The van der Waals surface area contributed by atoms with Gasteiger partial charge >= 0.3 is 6.09 Å². The highest BCUT2D eigenvalue weighted by Gasteiger charge is 2.14. The van der Waals surface area contributed by atoms with Crippen LogP contribution in [0.5, 0.6) is 0 Å². The van der Waals surface area contributed by atoms with E-state index >= 15 is 0 Å². The summed E-state index contributed by atoms with van der Waals surface area (Å²) in [7, 11) is 4.13. The molecule has 0 radical (unpaired) electrons. The second-order valence-electron chi connectivity index (χ2n) is 13.9. The van der Waals surface area contributed by atoms with Gasteiger partial charge in [0, 0.05) is 6.54 Å². The van der Waals surface area contributed by atoms with E-state index in [1.807, 2.05) is 0 Å². The number of amides is 1. The predicted octanol–water partition coefficient (Wildman–Crippen LogP) is 13.4. The maximum Gasteiger partial charge on any atom is 0.407 e. The van der Waals surface area contributed by atoms with Gasteiger partial charge in [0.25, 0.3) is 0 Å². The fourth-order valence-electron chi connectivity index (χ4n) is 5.76. The lowest BCUT2D eigenvalue weighted by Crippen LogP contribution is -2.31. The molecule has 0 unspecified atom stereocenters. The molecule has 0 saturated heterocycles. The highest BCUT2D eigenvalue weighted by molar-refractivity contribution is 5.67. The first-order valence-electron chi connectivity index (χ1n) is 20.3. The van der Waals surface area contributed by atoms with Gasteiger partial charge < -0.3 is 15.0 Å². The van der Waals surface area contributed by atoms with Crippen molar-refractivity contribution in [3.63, 3.8) is 0 Å². The number of unbranched alkanes of at least 4 members (excludes halogenated alkanes) is 18. The van der Waals surface area contributed by atoms with Crippen LogP contribution in [-0.2, 0) is 4.74 Å². The van der Waals surface area contributed by atoms with Gasteiger partial charge in [-0.1, -0.05) is 140 Å². The number of carbonyl (C=O) groups is 1. The van der Waals surface area contributed by atoms with Crippen molar-refractivity contribution in [2.45, 2.75) is 193 Å². The second-order valence-corrected chi connectivity index (χ2v) is 13.9. The molecule has 4 nitrogen and oxygen atoms in total. The highest BCUT2D eigenvalue weighted by atomic mass is 16.6. The Labute approximate surface area is 294 Å². The number of rotatable bonds is 35. The van der Waals surface area contributed by atoms with E-state index in [9.17, 15) is 4.79 Å². The van der Waals surface area contributed by atoms with Crippen LogP contribution >= 0.6 is 0 Å². The lowest BCUT2D eigenvalue weighted by atomic mass is 10.0. The number of nitrogens with zero attached hydrogens (tertiary/aromatic N) is 1. The first-order chi connectivity index (χ1) is 23.1. The van der Waals surface area contributed by atoms with Crippen LogP contribution < -0.4 is 5.32 Å². The predicted molar refractivity (Wildman–Crippen MR) is 209 cm³/mol. The largest absolute Gasteiger partial charge is 0.446 e. The van der Waals surface area contributed by atoms with Crippen molar-refractivity contribution in [3.8, 4) is 0 Å². The van der Waals surface area contributed by atoms with Crippen molar-refractivity contribution in [2.75, 3.05) is 27.2 Å². The van der Waals surface area contributed by atoms with Gasteiger partial charge in [-0.05, 0) is 117 Å². The van der Waals surface area contributed by atoms with Gasteiger partial charge in [0.15, 0.2) is 0 Å². The number of hydrogen-bond donors (Lipinski definition) is 1. The van der Waals surface area contributed by atoms with Crippen molar-refractivity contribution >= 4 is 6.09 Å². The molecule has 0 aromatic carbocycles. The van der Waals surface area contributed by atoms with E-state index in [1.165, 1.54) is 128 Å². The zero-order valence-corrected chi connectivity index (χ0v) is 32.0. The quantitative estimate of drug-likeness (QED) is 0.0545. The maximum atomic E-state index is 12.5. The molecule has 0 aromatic rings. The van der Waals surface area contributed by atoms with Crippen LogP contribution in [0.25, 0.3) is 0 Å². The highest BCUT2D eigenvalue weighted by Crippen LogP contribution is 2.18. The molecule has 0 aliphatic rings. The topological polar surface area (TPSA) is 41.6 Å². The van der Waals surface area contributed by atoms with E-state index in [-0.39, 0.29) is 12.2 Å². The van der Waals surface area contributed by atoms with Gasteiger partial charge in [0.1, 0.15) is 6.10 Å². The van der Waals surface area contributed by atoms with E-state index < -0.39 is 0 Å². The van der Waals surface area contributed by atoms with E-state index in [0.717, 1.165) is 51.5 Å². The number of allylic oxidation sites excluding steroid dienone is 8. The molecule has 0 aromatic heterocycles. The van der Waals surface area contributed by atoms with Crippen LogP contribution in [0.1, 0.15) is 187 Å². The molecule has 0 aliphatic heterocycles. The zero-order chi connectivity index (χ0) is 34.3. The molecule has 274 valence electrons. The minimum absolute atomic E-state index is 0.0560. The summed E-state index contributed by atoms with van der Waals surface area (Å²) >= 11 is 0. The van der Waals surface area contributed by atoms with Crippen LogP contribution in [0.3, 0.4) is 0 Å². The number of ether oxygens (including phenoxy) is 1. The summed E-state index contributed by atoms with van der Waals surface area (Å²) in [5, 5.41) is 2.97. The zero-order valence-electron chi connectivity index (χ0n) is 32.0. The summed E-state index contributed by atoms with van der Waals surface area (Å²) in [5.41, 5.74) is 0. The second kappa shape index (κ2) is 38.6. The number of nitrogens with one attached hydrogen (secondary N) is 1. The molecule has 4 heteroatoms. The Morgan fingerprint density at radius 2 is 0.915 bits per heavy atom. The lowest BCUT2D eigenvalue weighted by molar-refractivity contribution is 0.0840. The molecule has 0 aliphatic carbocycles. The molecule has 47 heavy (non-hydrogen) atoms. The first kappa shape index (κ1) is 45.2. The Morgan fingerprint density at radius 1 is 0.532 bits per heavy atom. The van der Waals surface area contributed by atoms with Gasteiger partial charge in [-0.2, -0.15) is 0 Å². The summed E-state index contributed by atoms with van der Waals surface area (Å²) < 4.78 is 5.92. The minimum atomic E-state index is -0.228. The Bertz CT molecular complexity index is 707. The lowest BCUT2D eigenvalue weighted by Gasteiger charge is -2.19. The summed E-state index contributed by atoms with van der Waals surface area (Å²) in [6.45, 7) is 6.18. The number of carbonyl (C=O) groups excluding carboxylic acids is 1. The van der Waals surface area contributed by atoms with Gasteiger partial charge in [-0.25, -0.2) is 4.79 Å². The Kier molecular flexibility index (Phi) is 37.1. The summed E-state index contributed by atoms with van der Waals surface area (Å²) in [5.74, 6) is 0. The molecule has 0 heterocycles. The Hall–Kier alpha value is -1.81. The summed E-state index contributed by atoms with van der Waals surface area (Å²) in [6, 6.07) is 0. The summed E-state index contributed by atoms with van der Waals surface area (Å²) in [4.78, 5) is 14.6. The normalized spacial score (nSPS) is 12.3. The first-order valence-corrected chi connectivity index (χ1v) is 20.3. The third-order valence-electron chi connectivity index (χ3n) is 8.78. The fourth-order valence-corrected chi connectivity index (χ4v) is 5.76. The molecule has 0 atom stereocenters. The van der Waals surface area contributed by atoms with Crippen molar-refractivity contribution in [1.29, 1.82) is 0 Å². The summed E-state index contributed by atoms with van der Waals surface area (Å²) in [6.07, 6.45) is 51.7. The molecule has 1 amide bonds. The number of alkyl carbamates (subject to hydrolysis) is 1. The molecule has 0 rings (SSSR count). The monoisotopic (exact) mass is 657 g/mol. The molecule has 0 bridgehead atoms. The van der Waals surface area contributed by atoms with Crippen LogP contribution in [0.2, 0.25) is 0 Å². The van der Waals surface area contributed by atoms with Crippen LogP contribution in [0.4, 0.5) is 4.79 Å². The minimum Gasteiger partial charge on any atom is -0.446 e. The van der Waals surface area contributed by atoms with Gasteiger partial charge in [0.05, 0.1) is 0 Å². The van der Waals surface area contributed by atoms with Crippen molar-refractivity contribution in [2.24, 2.45) is 0 Å². The molecular weight excluding hydrogens is 576 g/mol. The van der Waals surface area contributed by atoms with E-state index in [2.05, 4.69) is 86.8 Å². The van der Waals surface area contributed by atoms with E-state index in [4.69, 9.17) is 4.74 Å². The fraction of sp³-hybridized carbons (Fsp3) is 0.791. The van der Waals surface area contributed by atoms with Crippen LogP contribution in [0, 0.1) is 0 Å².